The zero-order valence-electron chi connectivity index (χ0n) is 18.5. The minimum absolute atomic E-state index is 0.00788. The molecule has 0 fully saturated rings. The molecule has 5 heteroatoms. The fourth-order valence-electron chi connectivity index (χ4n) is 3.07. The average molecular weight is 391 g/mol. The number of carbonyl (C=O) groups is 2. The summed E-state index contributed by atoms with van der Waals surface area (Å²) in [6, 6.07) is 7.45. The molecule has 0 bridgehead atoms. The van der Waals surface area contributed by atoms with E-state index in [2.05, 4.69) is 25.2 Å². The summed E-state index contributed by atoms with van der Waals surface area (Å²) in [7, 11) is 1.70. The Morgan fingerprint density at radius 2 is 1.82 bits per heavy atom. The van der Waals surface area contributed by atoms with Crippen molar-refractivity contribution in [2.24, 2.45) is 0 Å². The van der Waals surface area contributed by atoms with E-state index in [1.54, 1.807) is 18.9 Å². The van der Waals surface area contributed by atoms with E-state index >= 15 is 0 Å². The maximum Gasteiger partial charge on any atom is 0.240 e. The summed E-state index contributed by atoms with van der Waals surface area (Å²) in [4.78, 5) is 25.9. The van der Waals surface area contributed by atoms with Crippen LogP contribution in [0.25, 0.3) is 0 Å². The van der Waals surface area contributed by atoms with E-state index in [9.17, 15) is 9.59 Å². The molecule has 0 aliphatic heterocycles. The van der Waals surface area contributed by atoms with Gasteiger partial charge in [0.25, 0.3) is 0 Å². The van der Waals surface area contributed by atoms with Gasteiger partial charge in [0, 0.05) is 13.6 Å². The topological polar surface area (TPSA) is 58.6 Å². The van der Waals surface area contributed by atoms with Gasteiger partial charge in [0.15, 0.2) is 5.78 Å². The Balaban J connectivity index is 2.68. The minimum Gasteiger partial charge on any atom is -0.489 e. The van der Waals surface area contributed by atoms with Crippen molar-refractivity contribution >= 4 is 11.7 Å². The molecule has 1 amide bonds. The third kappa shape index (κ3) is 7.63. The first-order valence-corrected chi connectivity index (χ1v) is 10.6. The summed E-state index contributed by atoms with van der Waals surface area (Å²) in [5.41, 5.74) is 1.23. The van der Waals surface area contributed by atoms with Gasteiger partial charge in [-0.05, 0) is 51.7 Å². The van der Waals surface area contributed by atoms with E-state index in [-0.39, 0.29) is 23.8 Å². The van der Waals surface area contributed by atoms with E-state index in [1.807, 2.05) is 25.1 Å². The van der Waals surface area contributed by atoms with E-state index in [4.69, 9.17) is 4.74 Å². The van der Waals surface area contributed by atoms with E-state index in [1.165, 1.54) is 12.5 Å². The molecule has 0 aliphatic rings. The Hall–Kier alpha value is -1.88. The van der Waals surface area contributed by atoms with Gasteiger partial charge in [0.1, 0.15) is 11.9 Å². The van der Waals surface area contributed by atoms with E-state index in [0.717, 1.165) is 37.9 Å². The second-order valence-electron chi connectivity index (χ2n) is 7.63. The maximum absolute atomic E-state index is 12.8. The Morgan fingerprint density at radius 3 is 2.43 bits per heavy atom. The summed E-state index contributed by atoms with van der Waals surface area (Å²) in [5.74, 6) is 0.873. The lowest BCUT2D eigenvalue weighted by Crippen LogP contribution is -2.51. The van der Waals surface area contributed by atoms with Crippen LogP contribution in [-0.2, 0) is 16.0 Å². The highest BCUT2D eigenvalue weighted by atomic mass is 16.5. The van der Waals surface area contributed by atoms with Crippen LogP contribution >= 0.6 is 0 Å². The maximum atomic E-state index is 12.8. The third-order valence-electron chi connectivity index (χ3n) is 5.14. The van der Waals surface area contributed by atoms with Gasteiger partial charge in [0.05, 0.1) is 12.1 Å². The van der Waals surface area contributed by atoms with Crippen molar-refractivity contribution in [2.45, 2.75) is 84.9 Å². The number of ketones is 1. The summed E-state index contributed by atoms with van der Waals surface area (Å²) >= 11 is 0. The highest BCUT2D eigenvalue weighted by Crippen LogP contribution is 2.21. The van der Waals surface area contributed by atoms with Gasteiger partial charge in [-0.15, -0.1) is 0 Å². The SMILES string of the molecule is CCCCc1ccccc1O[C@H](C)CN[C@@H](CCC)C(=O)N(C)[C@H](C)C(C)=O. The molecule has 1 N–H and O–H groups in total. The van der Waals surface area contributed by atoms with Crippen LogP contribution in [0.5, 0.6) is 5.75 Å². The molecule has 0 unspecified atom stereocenters. The number of unbranched alkanes of at least 4 members (excludes halogenated alkanes) is 1. The number of Topliss-reactive ketones (excluding diaryl/α,β-unsaturated/α-hetero) is 1. The fraction of sp³-hybridized carbons (Fsp3) is 0.652. The Morgan fingerprint density at radius 1 is 1.14 bits per heavy atom. The molecule has 1 aromatic rings. The van der Waals surface area contributed by atoms with Crippen molar-refractivity contribution in [1.82, 2.24) is 10.2 Å². The first kappa shape index (κ1) is 24.2. The molecule has 28 heavy (non-hydrogen) atoms. The standard InChI is InChI=1S/C23H38N2O3/c1-7-9-13-20-14-10-11-15-22(20)28-17(3)16-24-21(12-8-2)23(27)25(6)18(4)19(5)26/h10-11,14-15,17-18,21,24H,7-9,12-13,16H2,1-6H3/t17-,18-,21+/m1/s1. The molecule has 158 valence electrons. The largest absolute Gasteiger partial charge is 0.489 e. The van der Waals surface area contributed by atoms with Crippen molar-refractivity contribution in [1.29, 1.82) is 0 Å². The van der Waals surface area contributed by atoms with Crippen molar-refractivity contribution in [3.63, 3.8) is 0 Å². The zero-order valence-corrected chi connectivity index (χ0v) is 18.5. The number of amides is 1. The van der Waals surface area contributed by atoms with Crippen molar-refractivity contribution < 1.29 is 14.3 Å². The molecular formula is C23H38N2O3. The Labute approximate surface area is 170 Å². The zero-order chi connectivity index (χ0) is 21.1. The van der Waals surface area contributed by atoms with Crippen LogP contribution in [-0.4, -0.2) is 48.4 Å². The number of nitrogens with zero attached hydrogens (tertiary/aromatic N) is 1. The van der Waals surface area contributed by atoms with Crippen molar-refractivity contribution in [3.8, 4) is 5.75 Å². The van der Waals surface area contributed by atoms with Gasteiger partial charge in [-0.1, -0.05) is 44.9 Å². The van der Waals surface area contributed by atoms with E-state index < -0.39 is 6.04 Å². The van der Waals surface area contributed by atoms with Gasteiger partial charge >= 0.3 is 0 Å². The van der Waals surface area contributed by atoms with Crippen LogP contribution in [0.15, 0.2) is 24.3 Å². The van der Waals surface area contributed by atoms with Crippen LogP contribution in [0.2, 0.25) is 0 Å². The van der Waals surface area contributed by atoms with Crippen LogP contribution in [0, 0.1) is 0 Å². The number of benzene rings is 1. The van der Waals surface area contributed by atoms with Gasteiger partial charge in [0.2, 0.25) is 5.91 Å². The predicted molar refractivity (Wildman–Crippen MR) is 115 cm³/mol. The van der Waals surface area contributed by atoms with Gasteiger partial charge < -0.3 is 15.0 Å². The molecule has 0 aliphatic carbocycles. The van der Waals surface area contributed by atoms with Crippen molar-refractivity contribution in [3.05, 3.63) is 29.8 Å². The lowest BCUT2D eigenvalue weighted by molar-refractivity contribution is -0.138. The molecule has 0 heterocycles. The normalized spacial score (nSPS) is 14.2. The number of nitrogens with one attached hydrogen (secondary N) is 1. The Bertz CT molecular complexity index is 618. The van der Waals surface area contributed by atoms with Crippen LogP contribution in [0.4, 0.5) is 0 Å². The molecule has 0 saturated carbocycles. The summed E-state index contributed by atoms with van der Waals surface area (Å²) in [6.07, 6.45) is 4.86. The van der Waals surface area contributed by atoms with Gasteiger partial charge in [-0.25, -0.2) is 0 Å². The molecule has 0 saturated heterocycles. The number of ether oxygens (including phenoxy) is 1. The smallest absolute Gasteiger partial charge is 0.240 e. The highest BCUT2D eigenvalue weighted by molar-refractivity contribution is 5.89. The molecule has 1 aromatic carbocycles. The first-order valence-electron chi connectivity index (χ1n) is 10.6. The molecular weight excluding hydrogens is 352 g/mol. The highest BCUT2D eigenvalue weighted by Gasteiger charge is 2.26. The predicted octanol–water partition coefficient (Wildman–Crippen LogP) is 3.99. The van der Waals surface area contributed by atoms with Crippen molar-refractivity contribution in [2.75, 3.05) is 13.6 Å². The quantitative estimate of drug-likeness (QED) is 0.553. The molecule has 0 spiro atoms. The summed E-state index contributed by atoms with van der Waals surface area (Å²) in [6.45, 7) is 10.1. The second-order valence-corrected chi connectivity index (χ2v) is 7.63. The number of hydrogen-bond acceptors (Lipinski definition) is 4. The molecule has 1 rings (SSSR count). The minimum atomic E-state index is -0.409. The summed E-state index contributed by atoms with van der Waals surface area (Å²) < 4.78 is 6.16. The molecule has 0 aromatic heterocycles. The second kappa shape index (κ2) is 12.6. The first-order chi connectivity index (χ1) is 13.3. The lowest BCUT2D eigenvalue weighted by Gasteiger charge is -2.29. The number of likely N-dealkylation sites (N-methyl/N-ethyl adjacent to an activating group) is 1. The molecule has 0 radical (unpaired) electrons. The van der Waals surface area contributed by atoms with Crippen LogP contribution in [0.1, 0.15) is 65.9 Å². The lowest BCUT2D eigenvalue weighted by atomic mass is 10.1. The molecule has 5 nitrogen and oxygen atoms in total. The summed E-state index contributed by atoms with van der Waals surface area (Å²) in [5, 5.41) is 3.35. The fourth-order valence-corrected chi connectivity index (χ4v) is 3.07. The number of aryl methyl sites for hydroxylation is 1. The number of para-hydroxylation sites is 1. The van der Waals surface area contributed by atoms with Gasteiger partial charge in [-0.3, -0.25) is 9.59 Å². The monoisotopic (exact) mass is 390 g/mol. The van der Waals surface area contributed by atoms with Gasteiger partial charge in [-0.2, -0.15) is 0 Å². The molecule has 3 atom stereocenters. The van der Waals surface area contributed by atoms with E-state index in [0.29, 0.717) is 6.54 Å². The Kier molecular flexibility index (Phi) is 10.8. The average Bonchev–Trinajstić information content (AvgIpc) is 2.68. The van der Waals surface area contributed by atoms with Crippen LogP contribution < -0.4 is 10.1 Å². The van der Waals surface area contributed by atoms with Crippen LogP contribution in [0.3, 0.4) is 0 Å². The number of carbonyl (C=O) groups excluding carboxylic acids is 2. The third-order valence-corrected chi connectivity index (χ3v) is 5.14. The number of rotatable bonds is 13. The number of hydrogen-bond donors (Lipinski definition) is 1.